The molecule has 0 saturated heterocycles. The summed E-state index contributed by atoms with van der Waals surface area (Å²) >= 11 is 0. The van der Waals surface area contributed by atoms with Crippen LogP contribution < -0.4 is 11.1 Å². The molecule has 0 spiro atoms. The maximum atomic E-state index is 11.5. The van der Waals surface area contributed by atoms with Crippen LogP contribution in [0.2, 0.25) is 0 Å². The van der Waals surface area contributed by atoms with Gasteiger partial charge in [0.15, 0.2) is 0 Å². The fourth-order valence-electron chi connectivity index (χ4n) is 2.19. The average molecular weight is 269 g/mol. The third kappa shape index (κ3) is 3.42. The minimum absolute atomic E-state index is 0.0725. The Morgan fingerprint density at radius 1 is 1.15 bits per heavy atom. The predicted octanol–water partition coefficient (Wildman–Crippen LogP) is 2.02. The van der Waals surface area contributed by atoms with E-state index in [-0.39, 0.29) is 18.0 Å². The quantitative estimate of drug-likeness (QED) is 0.843. The lowest BCUT2D eigenvalue weighted by Crippen LogP contribution is -2.42. The zero-order valence-electron chi connectivity index (χ0n) is 11.5. The van der Waals surface area contributed by atoms with Gasteiger partial charge in [-0.3, -0.25) is 15.1 Å². The maximum absolute atomic E-state index is 11.5. The molecular formula is C16H19N3O. The molecule has 0 aliphatic carbocycles. The third-order valence-corrected chi connectivity index (χ3v) is 3.29. The van der Waals surface area contributed by atoms with E-state index in [0.717, 1.165) is 11.1 Å². The van der Waals surface area contributed by atoms with Crippen molar-refractivity contribution in [2.45, 2.75) is 25.4 Å². The summed E-state index contributed by atoms with van der Waals surface area (Å²) in [6.45, 7) is 1.94. The molecule has 0 saturated carbocycles. The van der Waals surface area contributed by atoms with E-state index in [1.165, 1.54) is 0 Å². The summed E-state index contributed by atoms with van der Waals surface area (Å²) in [7, 11) is 0. The summed E-state index contributed by atoms with van der Waals surface area (Å²) in [5, 5.41) is 3.33. The van der Waals surface area contributed by atoms with E-state index in [1.807, 2.05) is 49.4 Å². The first-order chi connectivity index (χ1) is 9.72. The number of carbonyl (C=O) groups is 1. The lowest BCUT2D eigenvalue weighted by atomic mass is 9.98. The molecule has 0 aliphatic heterocycles. The van der Waals surface area contributed by atoms with Crippen LogP contribution in [0.3, 0.4) is 0 Å². The van der Waals surface area contributed by atoms with Gasteiger partial charge in [0.25, 0.3) is 0 Å². The van der Waals surface area contributed by atoms with Crippen LogP contribution in [0.1, 0.15) is 30.5 Å². The minimum atomic E-state index is -0.353. The number of rotatable bonds is 6. The second kappa shape index (κ2) is 6.82. The van der Waals surface area contributed by atoms with Crippen LogP contribution in [0.4, 0.5) is 0 Å². The molecule has 1 amide bonds. The molecule has 1 heterocycles. The first kappa shape index (κ1) is 14.2. The maximum Gasteiger partial charge on any atom is 0.234 e. The van der Waals surface area contributed by atoms with Crippen molar-refractivity contribution in [2.24, 2.45) is 5.73 Å². The van der Waals surface area contributed by atoms with Crippen molar-refractivity contribution in [1.82, 2.24) is 10.3 Å². The van der Waals surface area contributed by atoms with E-state index in [0.29, 0.717) is 6.42 Å². The van der Waals surface area contributed by atoms with E-state index in [9.17, 15) is 4.79 Å². The molecule has 4 nitrogen and oxygen atoms in total. The Bertz CT molecular complexity index is 503. The van der Waals surface area contributed by atoms with Gasteiger partial charge in [0, 0.05) is 12.4 Å². The van der Waals surface area contributed by atoms with E-state index >= 15 is 0 Å². The molecule has 0 aliphatic rings. The zero-order valence-corrected chi connectivity index (χ0v) is 11.5. The molecule has 2 atom stereocenters. The molecule has 1 aromatic heterocycles. The molecule has 2 aromatic rings. The SMILES string of the molecule is CCC(NC(c1ccccc1)c1ccncc1)C(N)=O. The number of amides is 1. The minimum Gasteiger partial charge on any atom is -0.368 e. The van der Waals surface area contributed by atoms with Crippen LogP contribution >= 0.6 is 0 Å². The summed E-state index contributed by atoms with van der Waals surface area (Å²) in [4.78, 5) is 15.5. The van der Waals surface area contributed by atoms with Gasteiger partial charge in [0.05, 0.1) is 12.1 Å². The highest BCUT2D eigenvalue weighted by molar-refractivity contribution is 5.79. The molecule has 0 radical (unpaired) electrons. The Hall–Kier alpha value is -2.20. The van der Waals surface area contributed by atoms with Crippen LogP contribution in [0, 0.1) is 0 Å². The standard InChI is InChI=1S/C16H19N3O/c1-2-14(16(17)20)19-15(12-6-4-3-5-7-12)13-8-10-18-11-9-13/h3-11,14-15,19H,2H2,1H3,(H2,17,20). The van der Waals surface area contributed by atoms with Crippen molar-refractivity contribution in [3.05, 3.63) is 66.0 Å². The number of nitrogens with one attached hydrogen (secondary N) is 1. The normalized spacial score (nSPS) is 13.7. The van der Waals surface area contributed by atoms with Gasteiger partial charge in [0.2, 0.25) is 5.91 Å². The highest BCUT2D eigenvalue weighted by Gasteiger charge is 2.20. The Kier molecular flexibility index (Phi) is 4.85. The largest absolute Gasteiger partial charge is 0.368 e. The van der Waals surface area contributed by atoms with Gasteiger partial charge in [0.1, 0.15) is 0 Å². The van der Waals surface area contributed by atoms with Crippen molar-refractivity contribution >= 4 is 5.91 Å². The van der Waals surface area contributed by atoms with Crippen molar-refractivity contribution in [2.75, 3.05) is 0 Å². The molecule has 2 unspecified atom stereocenters. The summed E-state index contributed by atoms with van der Waals surface area (Å²) in [5.74, 6) is -0.331. The molecule has 104 valence electrons. The Labute approximate surface area is 119 Å². The molecular weight excluding hydrogens is 250 g/mol. The Morgan fingerprint density at radius 2 is 1.75 bits per heavy atom. The Balaban J connectivity index is 2.32. The Morgan fingerprint density at radius 3 is 2.30 bits per heavy atom. The fraction of sp³-hybridized carbons (Fsp3) is 0.250. The van der Waals surface area contributed by atoms with Crippen LogP contribution in [0.15, 0.2) is 54.9 Å². The molecule has 2 rings (SSSR count). The van der Waals surface area contributed by atoms with Gasteiger partial charge in [-0.15, -0.1) is 0 Å². The number of aromatic nitrogens is 1. The zero-order chi connectivity index (χ0) is 14.4. The summed E-state index contributed by atoms with van der Waals surface area (Å²) in [6, 6.07) is 13.5. The number of hydrogen-bond acceptors (Lipinski definition) is 3. The number of primary amides is 1. The third-order valence-electron chi connectivity index (χ3n) is 3.29. The first-order valence-electron chi connectivity index (χ1n) is 6.72. The number of benzene rings is 1. The second-order valence-corrected chi connectivity index (χ2v) is 4.65. The second-order valence-electron chi connectivity index (χ2n) is 4.65. The monoisotopic (exact) mass is 269 g/mol. The van der Waals surface area contributed by atoms with Gasteiger partial charge in [-0.1, -0.05) is 37.3 Å². The van der Waals surface area contributed by atoms with Crippen LogP contribution in [0.25, 0.3) is 0 Å². The van der Waals surface area contributed by atoms with Crippen molar-refractivity contribution in [3.63, 3.8) is 0 Å². The van der Waals surface area contributed by atoms with Crippen molar-refractivity contribution in [1.29, 1.82) is 0 Å². The highest BCUT2D eigenvalue weighted by atomic mass is 16.1. The smallest absolute Gasteiger partial charge is 0.234 e. The van der Waals surface area contributed by atoms with Crippen LogP contribution in [0.5, 0.6) is 0 Å². The molecule has 3 N–H and O–H groups in total. The lowest BCUT2D eigenvalue weighted by molar-refractivity contribution is -0.120. The van der Waals surface area contributed by atoms with Crippen LogP contribution in [-0.2, 0) is 4.79 Å². The summed E-state index contributed by atoms with van der Waals surface area (Å²) in [6.07, 6.45) is 4.15. The number of nitrogens with two attached hydrogens (primary N) is 1. The molecule has 4 heteroatoms. The van der Waals surface area contributed by atoms with Gasteiger partial charge < -0.3 is 5.73 Å². The lowest BCUT2D eigenvalue weighted by Gasteiger charge is -2.24. The van der Waals surface area contributed by atoms with E-state index < -0.39 is 0 Å². The molecule has 0 fully saturated rings. The average Bonchev–Trinajstić information content (AvgIpc) is 2.50. The number of carbonyl (C=O) groups excluding carboxylic acids is 1. The number of hydrogen-bond donors (Lipinski definition) is 2. The van der Waals surface area contributed by atoms with Crippen molar-refractivity contribution in [3.8, 4) is 0 Å². The topological polar surface area (TPSA) is 68.0 Å². The van der Waals surface area contributed by atoms with E-state index in [4.69, 9.17) is 5.73 Å². The van der Waals surface area contributed by atoms with Crippen molar-refractivity contribution < 1.29 is 4.79 Å². The first-order valence-corrected chi connectivity index (χ1v) is 6.72. The van der Waals surface area contributed by atoms with Crippen LogP contribution in [-0.4, -0.2) is 16.9 Å². The van der Waals surface area contributed by atoms with Gasteiger partial charge >= 0.3 is 0 Å². The number of nitrogens with zero attached hydrogens (tertiary/aromatic N) is 1. The number of pyridine rings is 1. The van der Waals surface area contributed by atoms with Gasteiger partial charge in [-0.2, -0.15) is 0 Å². The summed E-state index contributed by atoms with van der Waals surface area (Å²) < 4.78 is 0. The van der Waals surface area contributed by atoms with E-state index in [2.05, 4.69) is 10.3 Å². The summed E-state index contributed by atoms with van der Waals surface area (Å²) in [5.41, 5.74) is 7.59. The molecule has 1 aromatic carbocycles. The fourth-order valence-corrected chi connectivity index (χ4v) is 2.19. The highest BCUT2D eigenvalue weighted by Crippen LogP contribution is 2.22. The van der Waals surface area contributed by atoms with Gasteiger partial charge in [-0.25, -0.2) is 0 Å². The molecule has 0 bridgehead atoms. The molecule has 20 heavy (non-hydrogen) atoms. The van der Waals surface area contributed by atoms with E-state index in [1.54, 1.807) is 12.4 Å². The predicted molar refractivity (Wildman–Crippen MR) is 78.9 cm³/mol. The van der Waals surface area contributed by atoms with Gasteiger partial charge in [-0.05, 0) is 29.7 Å².